The molecular weight excluding hydrogens is 274 g/mol. The maximum atomic E-state index is 12.6. The molecule has 4 fully saturated rings. The van der Waals surface area contributed by atoms with Crippen molar-refractivity contribution >= 4 is 5.97 Å². The summed E-state index contributed by atoms with van der Waals surface area (Å²) in [4.78, 5) is 12.6. The lowest BCUT2D eigenvalue weighted by Gasteiger charge is -2.53. The van der Waals surface area contributed by atoms with Crippen molar-refractivity contribution in [3.8, 4) is 6.07 Å². The van der Waals surface area contributed by atoms with Crippen molar-refractivity contribution in [2.45, 2.75) is 38.7 Å². The molecule has 5 rings (SSSR count). The van der Waals surface area contributed by atoms with Crippen molar-refractivity contribution in [1.29, 1.82) is 5.26 Å². The molecule has 0 amide bonds. The van der Waals surface area contributed by atoms with Gasteiger partial charge in [-0.3, -0.25) is 4.79 Å². The smallest absolute Gasteiger partial charge is 0.309 e. The molecule has 114 valence electrons. The minimum absolute atomic E-state index is 0.0122. The van der Waals surface area contributed by atoms with Crippen LogP contribution in [-0.2, 0) is 16.1 Å². The Hall–Kier alpha value is -1.82. The molecule has 0 N–H and O–H groups in total. The van der Waals surface area contributed by atoms with Crippen LogP contribution in [0, 0.1) is 40.9 Å². The first-order valence-corrected chi connectivity index (χ1v) is 8.38. The first kappa shape index (κ1) is 13.8. The molecule has 1 aromatic carbocycles. The van der Waals surface area contributed by atoms with E-state index < -0.39 is 0 Å². The van der Waals surface area contributed by atoms with Crippen LogP contribution in [0.15, 0.2) is 24.3 Å². The summed E-state index contributed by atoms with van der Waals surface area (Å²) in [6.07, 6.45) is 6.36. The van der Waals surface area contributed by atoms with Gasteiger partial charge in [-0.25, -0.2) is 0 Å². The number of carbonyl (C=O) groups is 1. The van der Waals surface area contributed by atoms with Gasteiger partial charge >= 0.3 is 5.97 Å². The molecule has 0 unspecified atom stereocenters. The highest BCUT2D eigenvalue weighted by Crippen LogP contribution is 2.56. The summed E-state index contributed by atoms with van der Waals surface area (Å²) in [5, 5.41) is 8.80. The second kappa shape index (κ2) is 5.43. The average molecular weight is 295 g/mol. The molecule has 1 aromatic rings. The van der Waals surface area contributed by atoms with E-state index in [-0.39, 0.29) is 11.9 Å². The van der Waals surface area contributed by atoms with Gasteiger partial charge in [-0.2, -0.15) is 5.26 Å². The van der Waals surface area contributed by atoms with Gasteiger partial charge in [0.2, 0.25) is 0 Å². The van der Waals surface area contributed by atoms with E-state index in [0.717, 1.165) is 17.4 Å². The predicted octanol–water partition coefficient (Wildman–Crippen LogP) is 3.67. The lowest BCUT2D eigenvalue weighted by Crippen LogP contribution is -2.48. The molecule has 4 bridgehead atoms. The van der Waals surface area contributed by atoms with Gasteiger partial charge in [0.1, 0.15) is 6.61 Å². The van der Waals surface area contributed by atoms with Crippen LogP contribution >= 0.6 is 0 Å². The summed E-state index contributed by atoms with van der Waals surface area (Å²) in [7, 11) is 0. The van der Waals surface area contributed by atoms with E-state index in [0.29, 0.717) is 24.0 Å². The van der Waals surface area contributed by atoms with Gasteiger partial charge in [0.15, 0.2) is 0 Å². The monoisotopic (exact) mass is 295 g/mol. The Kier molecular flexibility index (Phi) is 3.41. The highest BCUT2D eigenvalue weighted by Gasteiger charge is 2.51. The third kappa shape index (κ3) is 2.41. The van der Waals surface area contributed by atoms with Crippen molar-refractivity contribution in [2.24, 2.45) is 29.6 Å². The second-order valence-corrected chi connectivity index (χ2v) is 7.37. The van der Waals surface area contributed by atoms with Gasteiger partial charge in [-0.05, 0) is 73.5 Å². The lowest BCUT2D eigenvalue weighted by atomic mass is 9.52. The molecular formula is C19H21NO2. The molecule has 4 aliphatic carbocycles. The van der Waals surface area contributed by atoms with Crippen LogP contribution < -0.4 is 0 Å². The molecule has 0 saturated heterocycles. The van der Waals surface area contributed by atoms with Crippen LogP contribution in [0.5, 0.6) is 0 Å². The first-order chi connectivity index (χ1) is 10.7. The zero-order valence-corrected chi connectivity index (χ0v) is 12.7. The van der Waals surface area contributed by atoms with Crippen molar-refractivity contribution < 1.29 is 9.53 Å². The Labute approximate surface area is 131 Å². The predicted molar refractivity (Wildman–Crippen MR) is 81.5 cm³/mol. The van der Waals surface area contributed by atoms with Crippen molar-refractivity contribution in [3.63, 3.8) is 0 Å². The van der Waals surface area contributed by atoms with Crippen LogP contribution in [0.1, 0.15) is 43.2 Å². The summed E-state index contributed by atoms with van der Waals surface area (Å²) >= 11 is 0. The number of hydrogen-bond acceptors (Lipinski definition) is 3. The van der Waals surface area contributed by atoms with Gasteiger partial charge in [-0.15, -0.1) is 0 Å². The van der Waals surface area contributed by atoms with Gasteiger partial charge in [0.05, 0.1) is 17.6 Å². The largest absolute Gasteiger partial charge is 0.461 e. The second-order valence-electron chi connectivity index (χ2n) is 7.37. The van der Waals surface area contributed by atoms with E-state index in [1.807, 2.05) is 12.1 Å². The summed E-state index contributed by atoms with van der Waals surface area (Å²) in [5.41, 5.74) is 1.59. The molecule has 4 saturated carbocycles. The molecule has 22 heavy (non-hydrogen) atoms. The molecule has 0 radical (unpaired) electrons. The Morgan fingerprint density at radius 3 is 2.18 bits per heavy atom. The molecule has 0 spiro atoms. The fourth-order valence-corrected chi connectivity index (χ4v) is 5.24. The van der Waals surface area contributed by atoms with Crippen molar-refractivity contribution in [1.82, 2.24) is 0 Å². The molecule has 0 aromatic heterocycles. The standard InChI is InChI=1S/C19H21NO2/c20-10-12-1-3-13(4-2-12)11-22-19(21)18-16-6-14-5-15(8-16)9-17(18)7-14/h1-4,14-18H,5-9,11H2. The summed E-state index contributed by atoms with van der Waals surface area (Å²) in [6.45, 7) is 0.327. The van der Waals surface area contributed by atoms with Crippen molar-refractivity contribution in [3.05, 3.63) is 35.4 Å². The molecule has 3 nitrogen and oxygen atoms in total. The molecule has 3 heteroatoms. The van der Waals surface area contributed by atoms with E-state index in [2.05, 4.69) is 6.07 Å². The number of hydrogen-bond donors (Lipinski definition) is 0. The number of rotatable bonds is 3. The third-order valence-electron chi connectivity index (χ3n) is 5.96. The Morgan fingerprint density at radius 2 is 1.64 bits per heavy atom. The van der Waals surface area contributed by atoms with E-state index in [1.54, 1.807) is 12.1 Å². The van der Waals surface area contributed by atoms with Gasteiger partial charge in [0, 0.05) is 0 Å². The Bertz CT molecular complexity index is 585. The fourth-order valence-electron chi connectivity index (χ4n) is 5.24. The van der Waals surface area contributed by atoms with Crippen LogP contribution in [0.2, 0.25) is 0 Å². The van der Waals surface area contributed by atoms with Gasteiger partial charge in [-0.1, -0.05) is 12.1 Å². The Morgan fingerprint density at radius 1 is 1.05 bits per heavy atom. The summed E-state index contributed by atoms with van der Waals surface area (Å²) in [6, 6.07) is 9.37. The van der Waals surface area contributed by atoms with E-state index in [4.69, 9.17) is 10.00 Å². The SMILES string of the molecule is N#Cc1ccc(COC(=O)C2C3CC4CC(C3)CC2C4)cc1. The Balaban J connectivity index is 1.39. The molecule has 0 heterocycles. The number of carbonyl (C=O) groups excluding carboxylic acids is 1. The highest BCUT2D eigenvalue weighted by molar-refractivity contribution is 5.73. The van der Waals surface area contributed by atoms with Gasteiger partial charge in [0.25, 0.3) is 0 Å². The minimum Gasteiger partial charge on any atom is -0.461 e. The number of nitriles is 1. The maximum absolute atomic E-state index is 12.6. The number of esters is 1. The zero-order chi connectivity index (χ0) is 15.1. The first-order valence-electron chi connectivity index (χ1n) is 8.38. The third-order valence-corrected chi connectivity index (χ3v) is 5.96. The van der Waals surface area contributed by atoms with E-state index in [1.165, 1.54) is 32.1 Å². The average Bonchev–Trinajstić information content (AvgIpc) is 2.52. The molecule has 0 aliphatic heterocycles. The normalized spacial score (nSPS) is 35.1. The van der Waals surface area contributed by atoms with E-state index in [9.17, 15) is 4.79 Å². The number of nitrogens with zero attached hydrogens (tertiary/aromatic N) is 1. The highest BCUT2D eigenvalue weighted by atomic mass is 16.5. The summed E-state index contributed by atoms with van der Waals surface area (Å²) in [5.74, 6) is 3.06. The quantitative estimate of drug-likeness (QED) is 0.799. The van der Waals surface area contributed by atoms with Gasteiger partial charge < -0.3 is 4.74 Å². The zero-order valence-electron chi connectivity index (χ0n) is 12.7. The molecule has 4 aliphatic rings. The molecule has 0 atom stereocenters. The summed E-state index contributed by atoms with van der Waals surface area (Å²) < 4.78 is 5.61. The topological polar surface area (TPSA) is 50.1 Å². The fraction of sp³-hybridized carbons (Fsp3) is 0.579. The minimum atomic E-state index is 0.0122. The van der Waals surface area contributed by atoms with Crippen LogP contribution in [0.3, 0.4) is 0 Å². The number of ether oxygens (including phenoxy) is 1. The van der Waals surface area contributed by atoms with Crippen LogP contribution in [0.4, 0.5) is 0 Å². The van der Waals surface area contributed by atoms with Crippen LogP contribution in [-0.4, -0.2) is 5.97 Å². The maximum Gasteiger partial charge on any atom is 0.309 e. The van der Waals surface area contributed by atoms with E-state index >= 15 is 0 Å². The van der Waals surface area contributed by atoms with Crippen LogP contribution in [0.25, 0.3) is 0 Å². The van der Waals surface area contributed by atoms with Crippen molar-refractivity contribution in [2.75, 3.05) is 0 Å². The number of benzene rings is 1. The lowest BCUT2D eigenvalue weighted by molar-refractivity contribution is -0.163.